The molecule has 1 heterocycles. The van der Waals surface area contributed by atoms with Crippen molar-refractivity contribution in [3.05, 3.63) is 29.3 Å². The zero-order valence-electron chi connectivity index (χ0n) is 8.09. The molecular weight excluding hydrogens is 198 g/mol. The second kappa shape index (κ2) is 3.62. The van der Waals surface area contributed by atoms with Crippen molar-refractivity contribution in [2.24, 2.45) is 0 Å². The molecule has 1 aromatic rings. The van der Waals surface area contributed by atoms with Crippen LogP contribution < -0.4 is 4.90 Å². The third-order valence-corrected chi connectivity index (χ3v) is 2.79. The summed E-state index contributed by atoms with van der Waals surface area (Å²) in [4.78, 5) is 13.1. The van der Waals surface area contributed by atoms with E-state index in [0.717, 1.165) is 17.7 Å². The van der Waals surface area contributed by atoms with Gasteiger partial charge in [-0.05, 0) is 23.6 Å². The molecule has 0 saturated heterocycles. The molecule has 14 heavy (non-hydrogen) atoms. The smallest absolute Gasteiger partial charge is 0.231 e. The lowest BCUT2D eigenvalue weighted by atomic mass is 10.1. The molecule has 0 fully saturated rings. The predicted molar refractivity (Wildman–Crippen MR) is 58.0 cm³/mol. The number of carbonyl (C=O) groups is 1. The third kappa shape index (κ3) is 1.50. The van der Waals surface area contributed by atoms with Crippen molar-refractivity contribution in [2.75, 3.05) is 17.8 Å². The number of fused-ring (bicyclic) bond motifs is 1. The molecule has 0 radical (unpaired) electrons. The first-order valence-corrected chi connectivity index (χ1v) is 5.20. The summed E-state index contributed by atoms with van der Waals surface area (Å²) in [6.45, 7) is 0. The molecule has 1 aromatic carbocycles. The fourth-order valence-electron chi connectivity index (χ4n) is 1.79. The number of hydrogen-bond acceptors (Lipinski definition) is 1. The molecule has 1 amide bonds. The van der Waals surface area contributed by atoms with Crippen LogP contribution in [0.15, 0.2) is 18.2 Å². The maximum absolute atomic E-state index is 11.4. The van der Waals surface area contributed by atoms with E-state index >= 15 is 0 Å². The number of benzene rings is 1. The molecule has 0 saturated carbocycles. The third-order valence-electron chi connectivity index (χ3n) is 2.60. The van der Waals surface area contributed by atoms with Gasteiger partial charge < -0.3 is 4.90 Å². The van der Waals surface area contributed by atoms with Crippen molar-refractivity contribution in [2.45, 2.75) is 12.8 Å². The van der Waals surface area contributed by atoms with E-state index in [4.69, 9.17) is 11.6 Å². The monoisotopic (exact) mass is 209 g/mol. The molecule has 0 aromatic heterocycles. The minimum absolute atomic E-state index is 0.169. The van der Waals surface area contributed by atoms with Crippen LogP contribution in [0.2, 0.25) is 0 Å². The number of likely N-dealkylation sites (N-methyl/N-ethyl adjacent to an activating group) is 1. The Morgan fingerprint density at radius 1 is 1.50 bits per heavy atom. The molecule has 1 aliphatic rings. The lowest BCUT2D eigenvalue weighted by molar-refractivity contribution is -0.117. The van der Waals surface area contributed by atoms with Gasteiger partial charge in [-0.25, -0.2) is 0 Å². The number of alkyl halides is 1. The molecule has 0 N–H and O–H groups in total. The number of anilines is 1. The molecule has 74 valence electrons. The molecule has 2 rings (SSSR count). The van der Waals surface area contributed by atoms with Gasteiger partial charge in [0, 0.05) is 18.6 Å². The van der Waals surface area contributed by atoms with E-state index in [9.17, 15) is 4.79 Å². The van der Waals surface area contributed by atoms with Crippen molar-refractivity contribution in [3.63, 3.8) is 0 Å². The van der Waals surface area contributed by atoms with Crippen LogP contribution in [0, 0.1) is 0 Å². The summed E-state index contributed by atoms with van der Waals surface area (Å²) in [5.41, 5.74) is 3.37. The Kier molecular flexibility index (Phi) is 2.46. The Hall–Kier alpha value is -1.02. The fourth-order valence-corrected chi connectivity index (χ4v) is 2.01. The summed E-state index contributed by atoms with van der Waals surface area (Å²) >= 11 is 5.67. The standard InChI is InChI=1S/C11H12ClNO/c1-13-10-3-2-8(4-5-12)6-9(10)7-11(13)14/h2-3,6H,4-5,7H2,1H3. The van der Waals surface area contributed by atoms with Crippen LogP contribution in [0.3, 0.4) is 0 Å². The summed E-state index contributed by atoms with van der Waals surface area (Å²) in [5, 5.41) is 0. The van der Waals surface area contributed by atoms with Gasteiger partial charge in [-0.15, -0.1) is 11.6 Å². The predicted octanol–water partition coefficient (Wildman–Crippen LogP) is 1.99. The van der Waals surface area contributed by atoms with Gasteiger partial charge in [-0.2, -0.15) is 0 Å². The number of aryl methyl sites for hydroxylation is 1. The van der Waals surface area contributed by atoms with E-state index in [1.54, 1.807) is 4.90 Å². The summed E-state index contributed by atoms with van der Waals surface area (Å²) < 4.78 is 0. The van der Waals surface area contributed by atoms with E-state index in [1.807, 2.05) is 19.2 Å². The Balaban J connectivity index is 2.34. The molecular formula is C11H12ClNO. The van der Waals surface area contributed by atoms with Gasteiger partial charge in [-0.3, -0.25) is 4.79 Å². The minimum Gasteiger partial charge on any atom is -0.315 e. The second-order valence-electron chi connectivity index (χ2n) is 3.53. The molecule has 0 bridgehead atoms. The molecule has 0 spiro atoms. The molecule has 2 nitrogen and oxygen atoms in total. The number of amides is 1. The Morgan fingerprint density at radius 3 is 3.00 bits per heavy atom. The number of halogens is 1. The minimum atomic E-state index is 0.169. The SMILES string of the molecule is CN1C(=O)Cc2cc(CCCl)ccc21. The van der Waals surface area contributed by atoms with Gasteiger partial charge in [0.1, 0.15) is 0 Å². The number of rotatable bonds is 2. The molecule has 0 aliphatic carbocycles. The van der Waals surface area contributed by atoms with Crippen LogP contribution in [0.1, 0.15) is 11.1 Å². The number of carbonyl (C=O) groups excluding carboxylic acids is 1. The van der Waals surface area contributed by atoms with Crippen molar-refractivity contribution >= 4 is 23.2 Å². The Labute approximate surface area is 88.5 Å². The second-order valence-corrected chi connectivity index (χ2v) is 3.91. The van der Waals surface area contributed by atoms with E-state index in [2.05, 4.69) is 6.07 Å². The molecule has 0 atom stereocenters. The van der Waals surface area contributed by atoms with Crippen LogP contribution in [0.25, 0.3) is 0 Å². The highest BCUT2D eigenvalue weighted by Crippen LogP contribution is 2.28. The van der Waals surface area contributed by atoms with E-state index in [0.29, 0.717) is 12.3 Å². The Bertz CT molecular complexity index is 376. The van der Waals surface area contributed by atoms with Crippen LogP contribution in [-0.4, -0.2) is 18.8 Å². The number of nitrogens with zero attached hydrogens (tertiary/aromatic N) is 1. The maximum Gasteiger partial charge on any atom is 0.231 e. The van der Waals surface area contributed by atoms with Gasteiger partial charge in [0.2, 0.25) is 5.91 Å². The highest BCUT2D eigenvalue weighted by molar-refractivity contribution is 6.18. The zero-order valence-corrected chi connectivity index (χ0v) is 8.84. The average molecular weight is 210 g/mol. The maximum atomic E-state index is 11.4. The van der Waals surface area contributed by atoms with Crippen LogP contribution in [0.4, 0.5) is 5.69 Å². The van der Waals surface area contributed by atoms with Crippen LogP contribution >= 0.6 is 11.6 Å². The quantitative estimate of drug-likeness (QED) is 0.683. The Morgan fingerprint density at radius 2 is 2.29 bits per heavy atom. The largest absolute Gasteiger partial charge is 0.315 e. The molecule has 0 unspecified atom stereocenters. The van der Waals surface area contributed by atoms with E-state index in [-0.39, 0.29) is 5.91 Å². The summed E-state index contributed by atoms with van der Waals surface area (Å²) in [7, 11) is 1.81. The molecule has 3 heteroatoms. The summed E-state index contributed by atoms with van der Waals surface area (Å²) in [6, 6.07) is 6.12. The first-order valence-electron chi connectivity index (χ1n) is 4.66. The lowest BCUT2D eigenvalue weighted by Crippen LogP contribution is -2.20. The fraction of sp³-hybridized carbons (Fsp3) is 0.364. The normalized spacial score (nSPS) is 14.7. The van der Waals surface area contributed by atoms with Gasteiger partial charge >= 0.3 is 0 Å². The van der Waals surface area contributed by atoms with Gasteiger partial charge in [0.05, 0.1) is 6.42 Å². The highest BCUT2D eigenvalue weighted by Gasteiger charge is 2.23. The van der Waals surface area contributed by atoms with E-state index < -0.39 is 0 Å². The first-order chi connectivity index (χ1) is 6.72. The van der Waals surface area contributed by atoms with Crippen molar-refractivity contribution in [1.29, 1.82) is 0 Å². The average Bonchev–Trinajstić information content (AvgIpc) is 2.43. The topological polar surface area (TPSA) is 20.3 Å². The highest BCUT2D eigenvalue weighted by atomic mass is 35.5. The van der Waals surface area contributed by atoms with Crippen molar-refractivity contribution < 1.29 is 4.79 Å². The van der Waals surface area contributed by atoms with Gasteiger partial charge in [-0.1, -0.05) is 12.1 Å². The van der Waals surface area contributed by atoms with Gasteiger partial charge in [0.15, 0.2) is 0 Å². The van der Waals surface area contributed by atoms with E-state index in [1.165, 1.54) is 5.56 Å². The number of hydrogen-bond donors (Lipinski definition) is 0. The van der Waals surface area contributed by atoms with Crippen molar-refractivity contribution in [1.82, 2.24) is 0 Å². The lowest BCUT2D eigenvalue weighted by Gasteiger charge is -2.10. The first kappa shape index (κ1) is 9.53. The summed E-state index contributed by atoms with van der Waals surface area (Å²) in [5.74, 6) is 0.797. The van der Waals surface area contributed by atoms with Crippen LogP contribution in [0.5, 0.6) is 0 Å². The van der Waals surface area contributed by atoms with Gasteiger partial charge in [0.25, 0.3) is 0 Å². The molecule has 1 aliphatic heterocycles. The van der Waals surface area contributed by atoms with Crippen molar-refractivity contribution in [3.8, 4) is 0 Å². The summed E-state index contributed by atoms with van der Waals surface area (Å²) in [6.07, 6.45) is 1.40. The zero-order chi connectivity index (χ0) is 10.1. The van der Waals surface area contributed by atoms with Crippen LogP contribution in [-0.2, 0) is 17.6 Å².